The van der Waals surface area contributed by atoms with Gasteiger partial charge in [0.15, 0.2) is 13.9 Å². The van der Waals surface area contributed by atoms with Gasteiger partial charge in [0, 0.05) is 13.0 Å². The van der Waals surface area contributed by atoms with Crippen molar-refractivity contribution in [2.45, 2.75) is 90.6 Å². The molecule has 0 aromatic carbocycles. The minimum absolute atomic E-state index is 0.0239. The maximum Gasteiger partial charge on any atom is 0.411 e. The van der Waals surface area contributed by atoms with Gasteiger partial charge in [-0.05, 0) is 42.0 Å². The number of hydrogen-bond acceptors (Lipinski definition) is 4. The molecule has 0 unspecified atom stereocenters. The summed E-state index contributed by atoms with van der Waals surface area (Å²) in [4.78, 5) is 26.1. The number of carboxylic acid groups (broad SMARTS) is 1. The first-order valence-corrected chi connectivity index (χ1v) is 13.5. The molecule has 0 saturated carbocycles. The Labute approximate surface area is 181 Å². The third-order valence-electron chi connectivity index (χ3n) is 6.28. The standard InChI is InChI=1S/C22H40FNO5Si/c1-16-10-12-24(19(27)28-13-11-20(2,3)4)22(16,18(25)26)14-17(23)15-29-30(8,9)21(5,6)7/h17H,1,10-15H2,2-9H3,(H,25,26)/t17-,22+/m1/s1. The summed E-state index contributed by atoms with van der Waals surface area (Å²) in [6.45, 7) is 20.2. The van der Waals surface area contributed by atoms with Crippen LogP contribution in [0.4, 0.5) is 9.18 Å². The molecule has 0 aliphatic carbocycles. The van der Waals surface area contributed by atoms with E-state index < -0.39 is 38.5 Å². The van der Waals surface area contributed by atoms with Gasteiger partial charge in [-0.25, -0.2) is 14.0 Å². The van der Waals surface area contributed by atoms with Crippen LogP contribution in [0.15, 0.2) is 12.2 Å². The van der Waals surface area contributed by atoms with Gasteiger partial charge in [0.2, 0.25) is 0 Å². The number of nitrogens with zero attached hydrogens (tertiary/aromatic N) is 1. The Morgan fingerprint density at radius 2 is 1.83 bits per heavy atom. The number of alkyl halides is 1. The summed E-state index contributed by atoms with van der Waals surface area (Å²) < 4.78 is 26.3. The Balaban J connectivity index is 2.94. The van der Waals surface area contributed by atoms with Gasteiger partial charge in [-0.1, -0.05) is 48.1 Å². The summed E-state index contributed by atoms with van der Waals surface area (Å²) in [6, 6.07) is 0. The molecular weight excluding hydrogens is 405 g/mol. The molecule has 8 heteroatoms. The number of halogens is 1. The lowest BCUT2D eigenvalue weighted by Crippen LogP contribution is -2.56. The SMILES string of the molecule is C=C1CCN(C(=O)OCCC(C)(C)C)[C@]1(C[C@@H](F)CO[Si](C)(C)C(C)(C)C)C(=O)O. The molecule has 1 saturated heterocycles. The van der Waals surface area contributed by atoms with Gasteiger partial charge in [0.1, 0.15) is 6.17 Å². The minimum atomic E-state index is -2.18. The fraction of sp³-hybridized carbons (Fsp3) is 0.818. The van der Waals surface area contributed by atoms with E-state index in [9.17, 15) is 14.7 Å². The van der Waals surface area contributed by atoms with Crippen LogP contribution in [0.1, 0.15) is 60.8 Å². The molecule has 0 spiro atoms. The third-order valence-corrected chi connectivity index (χ3v) is 10.8. The molecular formula is C22H40FNO5Si. The molecule has 1 amide bonds. The molecule has 6 nitrogen and oxygen atoms in total. The number of amides is 1. The van der Waals surface area contributed by atoms with Crippen LogP contribution in [0.2, 0.25) is 18.1 Å². The van der Waals surface area contributed by atoms with E-state index >= 15 is 4.39 Å². The Morgan fingerprint density at radius 1 is 1.27 bits per heavy atom. The number of rotatable bonds is 8. The Morgan fingerprint density at radius 3 is 2.30 bits per heavy atom. The zero-order valence-electron chi connectivity index (χ0n) is 19.9. The second-order valence-corrected chi connectivity index (χ2v) is 15.8. The highest BCUT2D eigenvalue weighted by Gasteiger charge is 2.55. The lowest BCUT2D eigenvalue weighted by atomic mass is 9.86. The van der Waals surface area contributed by atoms with Gasteiger partial charge in [-0.2, -0.15) is 0 Å². The van der Waals surface area contributed by atoms with Gasteiger partial charge in [-0.3, -0.25) is 4.90 Å². The average Bonchev–Trinajstić information content (AvgIpc) is 2.88. The Bertz CT molecular complexity index is 653. The minimum Gasteiger partial charge on any atom is -0.479 e. The molecule has 1 heterocycles. The van der Waals surface area contributed by atoms with Crippen LogP contribution in [-0.4, -0.2) is 61.9 Å². The largest absolute Gasteiger partial charge is 0.479 e. The van der Waals surface area contributed by atoms with E-state index in [1.807, 2.05) is 33.9 Å². The summed E-state index contributed by atoms with van der Waals surface area (Å²) >= 11 is 0. The third kappa shape index (κ3) is 6.29. The molecule has 30 heavy (non-hydrogen) atoms. The van der Waals surface area contributed by atoms with Crippen molar-refractivity contribution in [3.63, 3.8) is 0 Å². The van der Waals surface area contributed by atoms with Gasteiger partial charge >= 0.3 is 12.1 Å². The van der Waals surface area contributed by atoms with Gasteiger partial charge in [0.25, 0.3) is 0 Å². The van der Waals surface area contributed by atoms with E-state index in [2.05, 4.69) is 27.4 Å². The highest BCUT2D eigenvalue weighted by Crippen LogP contribution is 2.40. The molecule has 174 valence electrons. The lowest BCUT2D eigenvalue weighted by molar-refractivity contribution is -0.148. The molecule has 1 N–H and O–H groups in total. The van der Waals surface area contributed by atoms with Crippen molar-refractivity contribution in [3.05, 3.63) is 12.2 Å². The number of likely N-dealkylation sites (tertiary alicyclic amines) is 1. The molecule has 1 fully saturated rings. The predicted octanol–water partition coefficient (Wildman–Crippen LogP) is 5.39. The van der Waals surface area contributed by atoms with Gasteiger partial charge in [-0.15, -0.1) is 0 Å². The molecule has 2 atom stereocenters. The van der Waals surface area contributed by atoms with Crippen LogP contribution in [0, 0.1) is 5.41 Å². The first-order valence-electron chi connectivity index (χ1n) is 10.6. The molecule has 1 aliphatic rings. The quantitative estimate of drug-likeness (QED) is 0.400. The first kappa shape index (κ1) is 26.6. The van der Waals surface area contributed by atoms with E-state index in [1.54, 1.807) is 0 Å². The summed E-state index contributed by atoms with van der Waals surface area (Å²) in [7, 11) is -2.18. The van der Waals surface area contributed by atoms with Crippen molar-refractivity contribution < 1.29 is 28.2 Å². The number of carbonyl (C=O) groups excluding carboxylic acids is 1. The number of aliphatic carboxylic acids is 1. The predicted molar refractivity (Wildman–Crippen MR) is 119 cm³/mol. The van der Waals surface area contributed by atoms with Crippen LogP contribution in [0.3, 0.4) is 0 Å². The molecule has 0 aromatic rings. The van der Waals surface area contributed by atoms with E-state index in [-0.39, 0.29) is 30.2 Å². The van der Waals surface area contributed by atoms with E-state index in [4.69, 9.17) is 9.16 Å². The zero-order valence-corrected chi connectivity index (χ0v) is 20.9. The number of carbonyl (C=O) groups is 2. The zero-order chi connectivity index (χ0) is 23.5. The van der Waals surface area contributed by atoms with Crippen molar-refractivity contribution in [2.24, 2.45) is 5.41 Å². The van der Waals surface area contributed by atoms with Gasteiger partial charge < -0.3 is 14.3 Å². The smallest absolute Gasteiger partial charge is 0.411 e. The van der Waals surface area contributed by atoms with Crippen molar-refractivity contribution >= 4 is 20.4 Å². The van der Waals surface area contributed by atoms with Crippen molar-refractivity contribution in [3.8, 4) is 0 Å². The number of carboxylic acids is 1. The van der Waals surface area contributed by atoms with E-state index in [0.717, 1.165) is 4.90 Å². The summed E-state index contributed by atoms with van der Waals surface area (Å²) in [5, 5.41) is 9.92. The highest BCUT2D eigenvalue weighted by molar-refractivity contribution is 6.74. The second-order valence-electron chi connectivity index (χ2n) is 11.0. The molecule has 0 radical (unpaired) electrons. The van der Waals surface area contributed by atoms with E-state index in [1.165, 1.54) is 0 Å². The van der Waals surface area contributed by atoms with Crippen LogP contribution >= 0.6 is 0 Å². The normalized spacial score (nSPS) is 21.6. The van der Waals surface area contributed by atoms with E-state index in [0.29, 0.717) is 18.4 Å². The summed E-state index contributed by atoms with van der Waals surface area (Å²) in [6.07, 6.45) is -1.74. The van der Waals surface area contributed by atoms with Crippen LogP contribution in [0.5, 0.6) is 0 Å². The summed E-state index contributed by atoms with van der Waals surface area (Å²) in [5.41, 5.74) is -1.52. The number of hydrogen-bond donors (Lipinski definition) is 1. The van der Waals surface area contributed by atoms with Gasteiger partial charge in [0.05, 0.1) is 13.2 Å². The topological polar surface area (TPSA) is 76.1 Å². The van der Waals surface area contributed by atoms with Crippen LogP contribution < -0.4 is 0 Å². The second kappa shape index (κ2) is 9.38. The van der Waals surface area contributed by atoms with Crippen LogP contribution in [-0.2, 0) is 14.0 Å². The molecule has 1 rings (SSSR count). The fourth-order valence-corrected chi connectivity index (χ4v) is 4.14. The Kier molecular flexibility index (Phi) is 8.33. The maximum absolute atomic E-state index is 15.0. The molecule has 0 bridgehead atoms. The highest BCUT2D eigenvalue weighted by atomic mass is 28.4. The van der Waals surface area contributed by atoms with Crippen molar-refractivity contribution in [1.82, 2.24) is 4.90 Å². The molecule has 1 aliphatic heterocycles. The molecule has 0 aromatic heterocycles. The monoisotopic (exact) mass is 445 g/mol. The first-order chi connectivity index (χ1) is 13.4. The maximum atomic E-state index is 15.0. The average molecular weight is 446 g/mol. The van der Waals surface area contributed by atoms with Crippen LogP contribution in [0.25, 0.3) is 0 Å². The van der Waals surface area contributed by atoms with Crippen molar-refractivity contribution in [2.75, 3.05) is 19.8 Å². The Hall–Kier alpha value is -1.41. The number of ether oxygens (including phenoxy) is 1. The lowest BCUT2D eigenvalue weighted by Gasteiger charge is -2.38. The fourth-order valence-electron chi connectivity index (χ4n) is 3.11. The van der Waals surface area contributed by atoms with Crippen molar-refractivity contribution in [1.29, 1.82) is 0 Å². The summed E-state index contributed by atoms with van der Waals surface area (Å²) in [5.74, 6) is -1.28.